The van der Waals surface area contributed by atoms with Crippen LogP contribution in [0.4, 0.5) is 0 Å². The number of carbonyl (C=O) groups excluding carboxylic acids is 1. The minimum atomic E-state index is 0.464. The normalized spacial score (nSPS) is 25.6. The SMILES string of the molecule is CCC1CC(C)(C)CC=C1CCC=O. The van der Waals surface area contributed by atoms with Crippen molar-refractivity contribution in [2.45, 2.75) is 52.9 Å². The molecule has 1 nitrogen and oxygen atoms in total. The molecule has 0 aromatic rings. The highest BCUT2D eigenvalue weighted by molar-refractivity contribution is 5.50. The van der Waals surface area contributed by atoms with E-state index in [0.29, 0.717) is 11.8 Å². The molecule has 14 heavy (non-hydrogen) atoms. The monoisotopic (exact) mass is 194 g/mol. The summed E-state index contributed by atoms with van der Waals surface area (Å²) in [6.07, 6.45) is 8.77. The molecule has 1 aliphatic rings. The lowest BCUT2D eigenvalue weighted by molar-refractivity contribution is -0.107. The van der Waals surface area contributed by atoms with Gasteiger partial charge >= 0.3 is 0 Å². The van der Waals surface area contributed by atoms with Gasteiger partial charge in [0.15, 0.2) is 0 Å². The summed E-state index contributed by atoms with van der Waals surface area (Å²) in [5.41, 5.74) is 1.99. The summed E-state index contributed by atoms with van der Waals surface area (Å²) in [7, 11) is 0. The molecule has 0 aromatic carbocycles. The van der Waals surface area contributed by atoms with Crippen molar-refractivity contribution in [3.63, 3.8) is 0 Å². The number of rotatable bonds is 4. The molecule has 0 aliphatic heterocycles. The zero-order valence-corrected chi connectivity index (χ0v) is 9.68. The number of hydrogen-bond donors (Lipinski definition) is 0. The molecular formula is C13H22O. The van der Waals surface area contributed by atoms with Gasteiger partial charge in [-0.05, 0) is 37.0 Å². The van der Waals surface area contributed by atoms with Crippen molar-refractivity contribution in [2.24, 2.45) is 11.3 Å². The summed E-state index contributed by atoms with van der Waals surface area (Å²) in [6.45, 7) is 6.92. The predicted octanol–water partition coefficient (Wildman–Crippen LogP) is 3.74. The Morgan fingerprint density at radius 3 is 2.86 bits per heavy atom. The second kappa shape index (κ2) is 4.77. The maximum Gasteiger partial charge on any atom is 0.120 e. The molecule has 0 amide bonds. The quantitative estimate of drug-likeness (QED) is 0.492. The van der Waals surface area contributed by atoms with Crippen LogP contribution in [0.2, 0.25) is 0 Å². The number of hydrogen-bond acceptors (Lipinski definition) is 1. The van der Waals surface area contributed by atoms with Crippen LogP contribution in [0.25, 0.3) is 0 Å². The molecule has 0 aromatic heterocycles. The van der Waals surface area contributed by atoms with Crippen LogP contribution in [-0.2, 0) is 4.79 Å². The van der Waals surface area contributed by atoms with Crippen LogP contribution in [0.5, 0.6) is 0 Å². The van der Waals surface area contributed by atoms with Gasteiger partial charge in [-0.25, -0.2) is 0 Å². The summed E-state index contributed by atoms with van der Waals surface area (Å²) < 4.78 is 0. The first-order valence-corrected chi connectivity index (χ1v) is 5.71. The van der Waals surface area contributed by atoms with Crippen molar-refractivity contribution in [1.82, 2.24) is 0 Å². The summed E-state index contributed by atoms with van der Waals surface area (Å²) in [4.78, 5) is 10.3. The Morgan fingerprint density at radius 2 is 2.29 bits per heavy atom. The van der Waals surface area contributed by atoms with Crippen LogP contribution in [0, 0.1) is 11.3 Å². The first-order valence-electron chi connectivity index (χ1n) is 5.71. The van der Waals surface area contributed by atoms with Crippen LogP contribution >= 0.6 is 0 Å². The van der Waals surface area contributed by atoms with E-state index in [4.69, 9.17) is 0 Å². The molecule has 1 rings (SSSR count). The molecule has 1 aliphatic carbocycles. The van der Waals surface area contributed by atoms with Crippen LogP contribution in [0.3, 0.4) is 0 Å². The van der Waals surface area contributed by atoms with Gasteiger partial charge in [0.25, 0.3) is 0 Å². The van der Waals surface area contributed by atoms with Crippen molar-refractivity contribution in [2.75, 3.05) is 0 Å². The van der Waals surface area contributed by atoms with Crippen molar-refractivity contribution in [3.8, 4) is 0 Å². The second-order valence-electron chi connectivity index (χ2n) is 5.16. The minimum Gasteiger partial charge on any atom is -0.303 e. The maximum absolute atomic E-state index is 10.3. The molecule has 1 unspecified atom stereocenters. The lowest BCUT2D eigenvalue weighted by Crippen LogP contribution is -2.22. The topological polar surface area (TPSA) is 17.1 Å². The average Bonchev–Trinajstić information content (AvgIpc) is 2.15. The van der Waals surface area contributed by atoms with Gasteiger partial charge < -0.3 is 4.79 Å². The molecule has 0 heterocycles. The predicted molar refractivity (Wildman–Crippen MR) is 60.2 cm³/mol. The van der Waals surface area contributed by atoms with Crippen LogP contribution in [0.15, 0.2) is 11.6 Å². The molecule has 0 saturated heterocycles. The van der Waals surface area contributed by atoms with Gasteiger partial charge in [0.1, 0.15) is 6.29 Å². The van der Waals surface area contributed by atoms with Crippen LogP contribution < -0.4 is 0 Å². The third kappa shape index (κ3) is 2.97. The summed E-state index contributed by atoms with van der Waals surface area (Å²) in [5, 5.41) is 0. The fraction of sp³-hybridized carbons (Fsp3) is 0.769. The molecule has 0 N–H and O–H groups in total. The standard InChI is InChI=1S/C13H22O/c1-4-11-10-13(2,3)8-7-12(11)6-5-9-14/h7,9,11H,4-6,8,10H2,1-3H3. The van der Waals surface area contributed by atoms with E-state index in [0.717, 1.165) is 18.6 Å². The third-order valence-corrected chi connectivity index (χ3v) is 3.28. The highest BCUT2D eigenvalue weighted by Crippen LogP contribution is 2.40. The zero-order chi connectivity index (χ0) is 10.6. The van der Waals surface area contributed by atoms with Gasteiger partial charge in [-0.1, -0.05) is 32.4 Å². The molecular weight excluding hydrogens is 172 g/mol. The molecule has 1 atom stereocenters. The Kier molecular flexibility index (Phi) is 3.91. The number of carbonyl (C=O) groups is 1. The van der Waals surface area contributed by atoms with Crippen molar-refractivity contribution in [1.29, 1.82) is 0 Å². The van der Waals surface area contributed by atoms with Gasteiger partial charge in [0.05, 0.1) is 0 Å². The van der Waals surface area contributed by atoms with E-state index in [2.05, 4.69) is 26.8 Å². The Balaban J connectivity index is 2.63. The Labute approximate surface area is 87.6 Å². The average molecular weight is 194 g/mol. The fourth-order valence-electron chi connectivity index (χ4n) is 2.39. The van der Waals surface area contributed by atoms with E-state index in [1.165, 1.54) is 24.8 Å². The molecule has 80 valence electrons. The van der Waals surface area contributed by atoms with E-state index in [1.807, 2.05) is 0 Å². The summed E-state index contributed by atoms with van der Waals surface area (Å²) >= 11 is 0. The smallest absolute Gasteiger partial charge is 0.120 e. The van der Waals surface area contributed by atoms with Crippen molar-refractivity contribution in [3.05, 3.63) is 11.6 Å². The Morgan fingerprint density at radius 1 is 1.57 bits per heavy atom. The molecule has 1 heteroatoms. The summed E-state index contributed by atoms with van der Waals surface area (Å²) in [5.74, 6) is 0.721. The maximum atomic E-state index is 10.3. The van der Waals surface area contributed by atoms with E-state index in [9.17, 15) is 4.79 Å². The van der Waals surface area contributed by atoms with Crippen LogP contribution in [-0.4, -0.2) is 6.29 Å². The molecule has 0 radical (unpaired) electrons. The van der Waals surface area contributed by atoms with E-state index in [-0.39, 0.29) is 0 Å². The van der Waals surface area contributed by atoms with Crippen LogP contribution in [0.1, 0.15) is 52.9 Å². The van der Waals surface area contributed by atoms with Gasteiger partial charge in [-0.3, -0.25) is 0 Å². The van der Waals surface area contributed by atoms with Gasteiger partial charge in [-0.2, -0.15) is 0 Å². The molecule has 0 saturated carbocycles. The highest BCUT2D eigenvalue weighted by Gasteiger charge is 2.27. The Hall–Kier alpha value is -0.590. The lowest BCUT2D eigenvalue weighted by Gasteiger charge is -2.35. The largest absolute Gasteiger partial charge is 0.303 e. The molecule has 0 fully saturated rings. The third-order valence-electron chi connectivity index (χ3n) is 3.28. The first kappa shape index (κ1) is 11.5. The van der Waals surface area contributed by atoms with Gasteiger partial charge in [-0.15, -0.1) is 0 Å². The fourth-order valence-corrected chi connectivity index (χ4v) is 2.39. The van der Waals surface area contributed by atoms with E-state index in [1.54, 1.807) is 0 Å². The van der Waals surface area contributed by atoms with Gasteiger partial charge in [0, 0.05) is 6.42 Å². The first-order chi connectivity index (χ1) is 6.59. The zero-order valence-electron chi connectivity index (χ0n) is 9.68. The number of aldehydes is 1. The minimum absolute atomic E-state index is 0.464. The highest BCUT2D eigenvalue weighted by atomic mass is 16.1. The Bertz CT molecular complexity index is 225. The second-order valence-corrected chi connectivity index (χ2v) is 5.16. The van der Waals surface area contributed by atoms with Gasteiger partial charge in [0.2, 0.25) is 0 Å². The lowest BCUT2D eigenvalue weighted by atomic mass is 9.71. The molecule has 0 bridgehead atoms. The molecule has 0 spiro atoms. The van der Waals surface area contributed by atoms with E-state index >= 15 is 0 Å². The number of allylic oxidation sites excluding steroid dienone is 2. The van der Waals surface area contributed by atoms with E-state index < -0.39 is 0 Å². The summed E-state index contributed by atoms with van der Waals surface area (Å²) in [6, 6.07) is 0. The van der Waals surface area contributed by atoms with Crippen molar-refractivity contribution < 1.29 is 4.79 Å². The van der Waals surface area contributed by atoms with Crippen molar-refractivity contribution >= 4 is 6.29 Å².